The zero-order chi connectivity index (χ0) is 12.8. The van der Waals surface area contributed by atoms with Gasteiger partial charge in [0.2, 0.25) is 5.88 Å². The van der Waals surface area contributed by atoms with Crippen molar-refractivity contribution >= 4 is 11.3 Å². The molecule has 0 aromatic carbocycles. The molecule has 0 aliphatic rings. The molecule has 0 aliphatic heterocycles. The number of ether oxygens (including phenoxy) is 1. The molecule has 96 valence electrons. The third-order valence-electron chi connectivity index (χ3n) is 2.69. The van der Waals surface area contributed by atoms with E-state index in [0.717, 1.165) is 24.1 Å². The molecule has 2 aromatic heterocycles. The Kier molecular flexibility index (Phi) is 4.73. The van der Waals surface area contributed by atoms with Crippen LogP contribution < -0.4 is 10.5 Å². The number of nitrogens with zero attached hydrogens (tertiary/aromatic N) is 1. The molecule has 2 heterocycles. The molecule has 0 bridgehead atoms. The Morgan fingerprint density at radius 2 is 2.28 bits per heavy atom. The topological polar surface area (TPSA) is 48.1 Å². The van der Waals surface area contributed by atoms with Crippen LogP contribution in [0.2, 0.25) is 0 Å². The summed E-state index contributed by atoms with van der Waals surface area (Å²) in [6, 6.07) is 8.14. The van der Waals surface area contributed by atoms with Gasteiger partial charge in [-0.2, -0.15) is 0 Å². The summed E-state index contributed by atoms with van der Waals surface area (Å²) in [5.74, 6) is 0.686. The van der Waals surface area contributed by atoms with Crippen molar-refractivity contribution in [1.29, 1.82) is 0 Å². The van der Waals surface area contributed by atoms with E-state index in [4.69, 9.17) is 10.5 Å². The van der Waals surface area contributed by atoms with Crippen molar-refractivity contribution in [3.05, 3.63) is 45.8 Å². The van der Waals surface area contributed by atoms with Gasteiger partial charge in [-0.15, -0.1) is 11.3 Å². The van der Waals surface area contributed by atoms with Crippen LogP contribution in [0.5, 0.6) is 5.88 Å². The molecule has 0 saturated carbocycles. The van der Waals surface area contributed by atoms with E-state index >= 15 is 0 Å². The van der Waals surface area contributed by atoms with Crippen molar-refractivity contribution in [2.24, 2.45) is 5.73 Å². The second-order valence-electron chi connectivity index (χ2n) is 4.04. The molecule has 18 heavy (non-hydrogen) atoms. The first-order valence-electron chi connectivity index (χ1n) is 6.17. The highest BCUT2D eigenvalue weighted by Crippen LogP contribution is 2.14. The van der Waals surface area contributed by atoms with Gasteiger partial charge >= 0.3 is 0 Å². The second-order valence-corrected chi connectivity index (χ2v) is 5.07. The molecular formula is C14H18N2OS. The summed E-state index contributed by atoms with van der Waals surface area (Å²) in [6.07, 6.45) is 1.82. The SMILES string of the molecule is CCc1cc(CN)cc(OCCc2cccs2)n1. The summed E-state index contributed by atoms with van der Waals surface area (Å²) >= 11 is 1.75. The standard InChI is InChI=1S/C14H18N2OS/c1-2-12-8-11(10-15)9-14(16-12)17-6-5-13-4-3-7-18-13/h3-4,7-9H,2,5-6,10,15H2,1H3. The van der Waals surface area contributed by atoms with Crippen LogP contribution >= 0.6 is 11.3 Å². The Morgan fingerprint density at radius 1 is 1.39 bits per heavy atom. The van der Waals surface area contributed by atoms with E-state index in [1.807, 2.05) is 12.1 Å². The zero-order valence-electron chi connectivity index (χ0n) is 10.6. The monoisotopic (exact) mass is 262 g/mol. The second kappa shape index (κ2) is 6.52. The molecule has 3 nitrogen and oxygen atoms in total. The summed E-state index contributed by atoms with van der Waals surface area (Å²) in [5.41, 5.74) is 7.77. The first kappa shape index (κ1) is 13.1. The van der Waals surface area contributed by atoms with Gasteiger partial charge in [0.15, 0.2) is 0 Å². The normalized spacial score (nSPS) is 10.6. The molecule has 0 fully saturated rings. The van der Waals surface area contributed by atoms with Gasteiger partial charge in [0, 0.05) is 29.6 Å². The maximum Gasteiger partial charge on any atom is 0.213 e. The highest BCUT2D eigenvalue weighted by molar-refractivity contribution is 7.09. The summed E-state index contributed by atoms with van der Waals surface area (Å²) in [7, 11) is 0. The number of thiophene rings is 1. The minimum absolute atomic E-state index is 0.525. The lowest BCUT2D eigenvalue weighted by molar-refractivity contribution is 0.309. The average molecular weight is 262 g/mol. The smallest absolute Gasteiger partial charge is 0.213 e. The maximum absolute atomic E-state index is 5.70. The summed E-state index contributed by atoms with van der Waals surface area (Å²) in [4.78, 5) is 5.78. The van der Waals surface area contributed by atoms with E-state index in [1.54, 1.807) is 11.3 Å². The molecule has 0 atom stereocenters. The largest absolute Gasteiger partial charge is 0.477 e. The molecule has 2 rings (SSSR count). The number of nitrogens with two attached hydrogens (primary N) is 1. The van der Waals surface area contributed by atoms with E-state index in [1.165, 1.54) is 4.88 Å². The van der Waals surface area contributed by atoms with Gasteiger partial charge < -0.3 is 10.5 Å². The van der Waals surface area contributed by atoms with Crippen molar-refractivity contribution in [2.75, 3.05) is 6.61 Å². The van der Waals surface area contributed by atoms with E-state index in [9.17, 15) is 0 Å². The van der Waals surface area contributed by atoms with Crippen LogP contribution in [-0.4, -0.2) is 11.6 Å². The molecule has 4 heteroatoms. The number of hydrogen-bond donors (Lipinski definition) is 1. The highest BCUT2D eigenvalue weighted by Gasteiger charge is 2.02. The number of aryl methyl sites for hydroxylation is 1. The molecule has 0 unspecified atom stereocenters. The minimum atomic E-state index is 0.525. The van der Waals surface area contributed by atoms with Gasteiger partial charge in [-0.25, -0.2) is 4.98 Å². The predicted molar refractivity (Wildman–Crippen MR) is 75.0 cm³/mol. The van der Waals surface area contributed by atoms with E-state index in [2.05, 4.69) is 29.4 Å². The minimum Gasteiger partial charge on any atom is -0.477 e. The highest BCUT2D eigenvalue weighted by atomic mass is 32.1. The van der Waals surface area contributed by atoms with Crippen LogP contribution in [-0.2, 0) is 19.4 Å². The number of pyridine rings is 1. The fraction of sp³-hybridized carbons (Fsp3) is 0.357. The van der Waals surface area contributed by atoms with Gasteiger partial charge in [-0.1, -0.05) is 13.0 Å². The Hall–Kier alpha value is -1.39. The quantitative estimate of drug-likeness (QED) is 0.871. The van der Waals surface area contributed by atoms with E-state index in [0.29, 0.717) is 19.0 Å². The lowest BCUT2D eigenvalue weighted by atomic mass is 10.2. The lowest BCUT2D eigenvalue weighted by Crippen LogP contribution is -2.05. The Morgan fingerprint density at radius 3 is 2.94 bits per heavy atom. The van der Waals surface area contributed by atoms with Gasteiger partial charge in [-0.05, 0) is 29.5 Å². The number of aromatic nitrogens is 1. The summed E-state index contributed by atoms with van der Waals surface area (Å²) in [6.45, 7) is 3.26. The zero-order valence-corrected chi connectivity index (χ0v) is 11.4. The third kappa shape index (κ3) is 3.55. The third-order valence-corrected chi connectivity index (χ3v) is 3.63. The van der Waals surface area contributed by atoms with Gasteiger partial charge in [0.25, 0.3) is 0 Å². The van der Waals surface area contributed by atoms with Crippen molar-refractivity contribution < 1.29 is 4.74 Å². The summed E-state index contributed by atoms with van der Waals surface area (Å²) < 4.78 is 5.70. The van der Waals surface area contributed by atoms with E-state index in [-0.39, 0.29) is 0 Å². The molecule has 2 aromatic rings. The van der Waals surface area contributed by atoms with Gasteiger partial charge in [0.1, 0.15) is 0 Å². The fourth-order valence-corrected chi connectivity index (χ4v) is 2.39. The van der Waals surface area contributed by atoms with Crippen molar-refractivity contribution in [3.63, 3.8) is 0 Å². The molecular weight excluding hydrogens is 244 g/mol. The first-order chi connectivity index (χ1) is 8.81. The molecule has 0 radical (unpaired) electrons. The van der Waals surface area contributed by atoms with Crippen LogP contribution in [0.4, 0.5) is 0 Å². The van der Waals surface area contributed by atoms with Crippen LogP contribution in [0.15, 0.2) is 29.6 Å². The van der Waals surface area contributed by atoms with Crippen LogP contribution in [0.3, 0.4) is 0 Å². The van der Waals surface area contributed by atoms with E-state index < -0.39 is 0 Å². The maximum atomic E-state index is 5.70. The van der Waals surface area contributed by atoms with Crippen molar-refractivity contribution in [1.82, 2.24) is 4.98 Å². The molecule has 0 spiro atoms. The van der Waals surface area contributed by atoms with Gasteiger partial charge in [0.05, 0.1) is 6.61 Å². The Bertz CT molecular complexity index is 460. The lowest BCUT2D eigenvalue weighted by Gasteiger charge is -2.08. The van der Waals surface area contributed by atoms with Crippen molar-refractivity contribution in [2.45, 2.75) is 26.3 Å². The van der Waals surface area contributed by atoms with Crippen LogP contribution in [0, 0.1) is 0 Å². The number of hydrogen-bond acceptors (Lipinski definition) is 4. The molecule has 0 saturated heterocycles. The first-order valence-corrected chi connectivity index (χ1v) is 7.05. The van der Waals surface area contributed by atoms with Crippen LogP contribution in [0.1, 0.15) is 23.1 Å². The van der Waals surface area contributed by atoms with Crippen molar-refractivity contribution in [3.8, 4) is 5.88 Å². The van der Waals surface area contributed by atoms with Gasteiger partial charge in [-0.3, -0.25) is 0 Å². The predicted octanol–water partition coefficient (Wildman–Crippen LogP) is 2.79. The Labute approximate surface area is 112 Å². The summed E-state index contributed by atoms with van der Waals surface area (Å²) in [5, 5.41) is 2.08. The van der Waals surface area contributed by atoms with Crippen LogP contribution in [0.25, 0.3) is 0 Å². The molecule has 0 aliphatic carbocycles. The fourth-order valence-electron chi connectivity index (χ4n) is 1.70. The molecule has 0 amide bonds. The Balaban J connectivity index is 1.95. The average Bonchev–Trinajstić information content (AvgIpc) is 2.91. The number of rotatable bonds is 6. The molecule has 2 N–H and O–H groups in total.